The quantitative estimate of drug-likeness (QED) is 0.843. The molecule has 0 fully saturated rings. The van der Waals surface area contributed by atoms with E-state index in [9.17, 15) is 13.2 Å². The monoisotopic (exact) mass is 374 g/mol. The summed E-state index contributed by atoms with van der Waals surface area (Å²) < 4.78 is 32.6. The standard InChI is InChI=1S/C14H15ClN2O4S2/c1-17(2)13(18)9-21-11-5-3-10(4-6-11)16-23(19,20)14-8-7-12(15)22-14/h3-8,16H,9H2,1-2H3. The minimum Gasteiger partial charge on any atom is -0.484 e. The molecule has 0 aliphatic carbocycles. The Labute approximate surface area is 143 Å². The van der Waals surface area contributed by atoms with Crippen LogP contribution in [0.4, 0.5) is 5.69 Å². The maximum Gasteiger partial charge on any atom is 0.271 e. The highest BCUT2D eigenvalue weighted by atomic mass is 35.5. The van der Waals surface area contributed by atoms with Gasteiger partial charge in [0.2, 0.25) is 0 Å². The maximum absolute atomic E-state index is 12.1. The number of benzene rings is 1. The Hall–Kier alpha value is -1.77. The number of carbonyl (C=O) groups is 1. The maximum atomic E-state index is 12.1. The van der Waals surface area contributed by atoms with Crippen LogP contribution in [0.2, 0.25) is 4.34 Å². The Kier molecular flexibility index (Phi) is 5.51. The zero-order valence-corrected chi connectivity index (χ0v) is 14.8. The summed E-state index contributed by atoms with van der Waals surface area (Å²) in [4.78, 5) is 12.9. The number of ether oxygens (including phenoxy) is 1. The molecule has 0 aliphatic rings. The first-order valence-electron chi connectivity index (χ1n) is 6.49. The molecule has 1 aromatic heterocycles. The Morgan fingerprint density at radius 2 is 1.87 bits per heavy atom. The third-order valence-electron chi connectivity index (χ3n) is 2.78. The number of carbonyl (C=O) groups excluding carboxylic acids is 1. The molecule has 6 nitrogen and oxygen atoms in total. The van der Waals surface area contributed by atoms with Crippen LogP contribution in [-0.2, 0) is 14.8 Å². The van der Waals surface area contributed by atoms with Crippen LogP contribution in [0.15, 0.2) is 40.6 Å². The highest BCUT2D eigenvalue weighted by Gasteiger charge is 2.16. The van der Waals surface area contributed by atoms with Gasteiger partial charge in [-0.3, -0.25) is 9.52 Å². The van der Waals surface area contributed by atoms with Crippen LogP contribution in [0.3, 0.4) is 0 Å². The van der Waals surface area contributed by atoms with E-state index in [1.165, 1.54) is 17.0 Å². The molecule has 0 aliphatic heterocycles. The van der Waals surface area contributed by atoms with Crippen molar-refractivity contribution in [3.63, 3.8) is 0 Å². The van der Waals surface area contributed by atoms with Gasteiger partial charge in [-0.25, -0.2) is 8.42 Å². The summed E-state index contributed by atoms with van der Waals surface area (Å²) in [6.45, 7) is -0.0776. The molecule has 23 heavy (non-hydrogen) atoms. The summed E-state index contributed by atoms with van der Waals surface area (Å²) in [5.41, 5.74) is 0.390. The molecule has 2 aromatic rings. The van der Waals surface area contributed by atoms with E-state index in [0.717, 1.165) is 11.3 Å². The molecule has 2 rings (SSSR count). The SMILES string of the molecule is CN(C)C(=O)COc1ccc(NS(=O)(=O)c2ccc(Cl)s2)cc1. The molecular weight excluding hydrogens is 360 g/mol. The zero-order chi connectivity index (χ0) is 17.0. The van der Waals surface area contributed by atoms with Crippen LogP contribution in [0.5, 0.6) is 5.75 Å². The van der Waals surface area contributed by atoms with Crippen molar-refractivity contribution in [1.82, 2.24) is 4.90 Å². The summed E-state index contributed by atoms with van der Waals surface area (Å²) in [7, 11) is -0.381. The molecule has 0 bridgehead atoms. The summed E-state index contributed by atoms with van der Waals surface area (Å²) in [5.74, 6) is 0.312. The number of hydrogen-bond donors (Lipinski definition) is 1. The molecule has 0 unspecified atom stereocenters. The minimum atomic E-state index is -3.66. The fourth-order valence-corrected chi connectivity index (χ4v) is 4.08. The fourth-order valence-electron chi connectivity index (χ4n) is 1.54. The van der Waals surface area contributed by atoms with Gasteiger partial charge in [0.05, 0.1) is 4.34 Å². The number of halogens is 1. The van der Waals surface area contributed by atoms with Gasteiger partial charge in [-0.15, -0.1) is 11.3 Å². The van der Waals surface area contributed by atoms with Gasteiger partial charge in [0.15, 0.2) is 6.61 Å². The van der Waals surface area contributed by atoms with Gasteiger partial charge in [-0.2, -0.15) is 0 Å². The molecule has 1 heterocycles. The topological polar surface area (TPSA) is 75.7 Å². The van der Waals surface area contributed by atoms with Crippen molar-refractivity contribution in [2.24, 2.45) is 0 Å². The molecule has 0 saturated heterocycles. The summed E-state index contributed by atoms with van der Waals surface area (Å²) >= 11 is 6.73. The average molecular weight is 375 g/mol. The first-order chi connectivity index (χ1) is 10.8. The van der Waals surface area contributed by atoms with Crippen molar-refractivity contribution in [2.45, 2.75) is 4.21 Å². The highest BCUT2D eigenvalue weighted by molar-refractivity contribution is 7.94. The lowest BCUT2D eigenvalue weighted by Crippen LogP contribution is -2.27. The smallest absolute Gasteiger partial charge is 0.271 e. The molecule has 124 valence electrons. The van der Waals surface area contributed by atoms with Gasteiger partial charge in [0, 0.05) is 19.8 Å². The summed E-state index contributed by atoms with van der Waals surface area (Å²) in [6.07, 6.45) is 0. The first kappa shape index (κ1) is 17.6. The summed E-state index contributed by atoms with van der Waals surface area (Å²) in [5, 5.41) is 0. The van der Waals surface area contributed by atoms with Crippen molar-refractivity contribution in [3.8, 4) is 5.75 Å². The lowest BCUT2D eigenvalue weighted by molar-refractivity contribution is -0.130. The van der Waals surface area contributed by atoms with E-state index in [1.54, 1.807) is 38.4 Å². The second-order valence-electron chi connectivity index (χ2n) is 4.77. The third kappa shape index (κ3) is 4.85. The van der Waals surface area contributed by atoms with Gasteiger partial charge in [-0.1, -0.05) is 11.6 Å². The molecule has 1 aromatic carbocycles. The Bertz CT molecular complexity index is 785. The number of sulfonamides is 1. The van der Waals surface area contributed by atoms with Gasteiger partial charge in [0.1, 0.15) is 9.96 Å². The van der Waals surface area contributed by atoms with Crippen molar-refractivity contribution >= 4 is 44.6 Å². The number of thiophene rings is 1. The Balaban J connectivity index is 2.01. The number of amides is 1. The number of nitrogens with zero attached hydrogens (tertiary/aromatic N) is 1. The molecule has 9 heteroatoms. The number of rotatable bonds is 6. The van der Waals surface area contributed by atoms with Gasteiger partial charge in [-0.05, 0) is 36.4 Å². The van der Waals surface area contributed by atoms with E-state index in [-0.39, 0.29) is 16.7 Å². The molecule has 0 radical (unpaired) electrons. The number of nitrogens with one attached hydrogen (secondary N) is 1. The minimum absolute atomic E-state index is 0.0776. The molecular formula is C14H15ClN2O4S2. The Morgan fingerprint density at radius 3 is 2.39 bits per heavy atom. The molecule has 1 amide bonds. The number of hydrogen-bond acceptors (Lipinski definition) is 5. The van der Waals surface area contributed by atoms with E-state index in [4.69, 9.17) is 16.3 Å². The molecule has 1 N–H and O–H groups in total. The second kappa shape index (κ2) is 7.20. The van der Waals surface area contributed by atoms with E-state index >= 15 is 0 Å². The van der Waals surface area contributed by atoms with Crippen LogP contribution < -0.4 is 9.46 Å². The predicted octanol–water partition coefficient (Wildman–Crippen LogP) is 2.67. The van der Waals surface area contributed by atoms with Crippen molar-refractivity contribution in [2.75, 3.05) is 25.4 Å². The van der Waals surface area contributed by atoms with Crippen molar-refractivity contribution < 1.29 is 17.9 Å². The van der Waals surface area contributed by atoms with E-state index in [2.05, 4.69) is 4.72 Å². The normalized spacial score (nSPS) is 11.1. The van der Waals surface area contributed by atoms with Crippen LogP contribution in [0.1, 0.15) is 0 Å². The van der Waals surface area contributed by atoms with Gasteiger partial charge in [0.25, 0.3) is 15.9 Å². The first-order valence-corrected chi connectivity index (χ1v) is 9.17. The van der Waals surface area contributed by atoms with E-state index in [1.807, 2.05) is 0 Å². The van der Waals surface area contributed by atoms with Crippen LogP contribution >= 0.6 is 22.9 Å². The predicted molar refractivity (Wildman–Crippen MR) is 90.8 cm³/mol. The molecule has 0 spiro atoms. The number of anilines is 1. The summed E-state index contributed by atoms with van der Waals surface area (Å²) in [6, 6.07) is 9.26. The van der Waals surface area contributed by atoms with Crippen LogP contribution in [0.25, 0.3) is 0 Å². The number of likely N-dealkylation sites (N-methyl/N-ethyl adjacent to an activating group) is 1. The van der Waals surface area contributed by atoms with E-state index < -0.39 is 10.0 Å². The van der Waals surface area contributed by atoms with Crippen LogP contribution in [0, 0.1) is 0 Å². The fraction of sp³-hybridized carbons (Fsp3) is 0.214. The van der Waals surface area contributed by atoms with Crippen molar-refractivity contribution in [1.29, 1.82) is 0 Å². The van der Waals surface area contributed by atoms with Gasteiger partial charge < -0.3 is 9.64 Å². The van der Waals surface area contributed by atoms with Crippen LogP contribution in [-0.4, -0.2) is 39.9 Å². The van der Waals surface area contributed by atoms with Gasteiger partial charge >= 0.3 is 0 Å². The zero-order valence-electron chi connectivity index (χ0n) is 12.4. The largest absolute Gasteiger partial charge is 0.484 e. The van der Waals surface area contributed by atoms with E-state index in [0.29, 0.717) is 15.8 Å². The lowest BCUT2D eigenvalue weighted by atomic mass is 10.3. The average Bonchev–Trinajstić information content (AvgIpc) is 2.93. The lowest BCUT2D eigenvalue weighted by Gasteiger charge is -2.12. The third-order valence-corrected chi connectivity index (χ3v) is 5.89. The highest BCUT2D eigenvalue weighted by Crippen LogP contribution is 2.27. The Morgan fingerprint density at radius 1 is 1.22 bits per heavy atom. The second-order valence-corrected chi connectivity index (χ2v) is 8.39. The molecule has 0 saturated carbocycles. The van der Waals surface area contributed by atoms with Crippen molar-refractivity contribution in [3.05, 3.63) is 40.7 Å². The molecule has 0 atom stereocenters.